The molecule has 0 heterocycles. The van der Waals surface area contributed by atoms with Crippen LogP contribution in [0.4, 0.5) is 13.2 Å². The van der Waals surface area contributed by atoms with Crippen LogP contribution in [-0.4, -0.2) is 36.5 Å². The van der Waals surface area contributed by atoms with E-state index in [-0.39, 0.29) is 0 Å². The molecule has 0 aliphatic heterocycles. The largest absolute Gasteiger partial charge is 0.401 e. The molecule has 0 aromatic rings. The highest BCUT2D eigenvalue weighted by molar-refractivity contribution is 9.09. The highest BCUT2D eigenvalue weighted by Crippen LogP contribution is 2.15. The molecule has 0 unspecified atom stereocenters. The Labute approximate surface area is 85.4 Å². The van der Waals surface area contributed by atoms with Gasteiger partial charge in [0, 0.05) is 5.33 Å². The molecular weight excluding hydrogens is 247 g/mol. The minimum Gasteiger partial charge on any atom is -0.298 e. The van der Waals surface area contributed by atoms with Gasteiger partial charge in [0.05, 0.1) is 6.54 Å². The van der Waals surface area contributed by atoms with E-state index in [2.05, 4.69) is 15.9 Å². The zero-order valence-electron chi connectivity index (χ0n) is 7.70. The van der Waals surface area contributed by atoms with Crippen LogP contribution in [0.15, 0.2) is 0 Å². The summed E-state index contributed by atoms with van der Waals surface area (Å²) >= 11 is 3.27. The van der Waals surface area contributed by atoms with E-state index in [1.807, 2.05) is 0 Å². The van der Waals surface area contributed by atoms with Crippen LogP contribution in [0.3, 0.4) is 0 Å². The zero-order chi connectivity index (χ0) is 10.3. The molecule has 0 saturated heterocycles. The first-order chi connectivity index (χ1) is 5.95. The van der Waals surface area contributed by atoms with Gasteiger partial charge in [0.15, 0.2) is 0 Å². The molecule has 0 atom stereocenters. The Morgan fingerprint density at radius 1 is 1.15 bits per heavy atom. The fraction of sp³-hybridized carbons (Fsp3) is 1.00. The van der Waals surface area contributed by atoms with Crippen molar-refractivity contribution in [2.24, 2.45) is 0 Å². The van der Waals surface area contributed by atoms with Crippen molar-refractivity contribution in [3.8, 4) is 0 Å². The summed E-state index contributed by atoms with van der Waals surface area (Å²) in [6.45, 7) is -0.284. The Kier molecular flexibility index (Phi) is 6.77. The molecule has 0 amide bonds. The minimum absolute atomic E-state index is 0.520. The van der Waals surface area contributed by atoms with E-state index in [0.717, 1.165) is 24.6 Å². The summed E-state index contributed by atoms with van der Waals surface area (Å²) in [6.07, 6.45) is -1.23. The maximum absolute atomic E-state index is 11.8. The van der Waals surface area contributed by atoms with Gasteiger partial charge in [-0.05, 0) is 26.4 Å². The summed E-state index contributed by atoms with van der Waals surface area (Å²) in [7, 11) is 1.50. The lowest BCUT2D eigenvalue weighted by atomic mass is 10.2. The average Bonchev–Trinajstić information content (AvgIpc) is 1.94. The summed E-state index contributed by atoms with van der Waals surface area (Å²) in [5, 5.41) is 0.927. The number of rotatable bonds is 6. The number of alkyl halides is 4. The van der Waals surface area contributed by atoms with Crippen molar-refractivity contribution < 1.29 is 13.2 Å². The highest BCUT2D eigenvalue weighted by atomic mass is 79.9. The molecule has 0 aliphatic carbocycles. The van der Waals surface area contributed by atoms with Gasteiger partial charge in [-0.3, -0.25) is 4.90 Å². The molecule has 0 fully saturated rings. The standard InChI is InChI=1S/C8H15BrF3N/c1-13(7-8(10,11)12)6-4-2-3-5-9/h2-7H2,1H3. The van der Waals surface area contributed by atoms with Crippen molar-refractivity contribution in [2.75, 3.05) is 25.5 Å². The zero-order valence-corrected chi connectivity index (χ0v) is 9.29. The maximum atomic E-state index is 11.8. The normalized spacial score (nSPS) is 12.5. The van der Waals surface area contributed by atoms with Gasteiger partial charge in [0.25, 0.3) is 0 Å². The van der Waals surface area contributed by atoms with E-state index in [4.69, 9.17) is 0 Å². The Hall–Kier alpha value is 0.230. The van der Waals surface area contributed by atoms with Gasteiger partial charge in [-0.25, -0.2) is 0 Å². The van der Waals surface area contributed by atoms with Gasteiger partial charge in [0.1, 0.15) is 0 Å². The Bertz CT molecular complexity index is 127. The molecule has 0 aromatic carbocycles. The van der Waals surface area contributed by atoms with E-state index >= 15 is 0 Å². The van der Waals surface area contributed by atoms with E-state index < -0.39 is 12.7 Å². The van der Waals surface area contributed by atoms with Gasteiger partial charge < -0.3 is 0 Å². The number of nitrogens with zero attached hydrogens (tertiary/aromatic N) is 1. The molecule has 13 heavy (non-hydrogen) atoms. The molecule has 0 radical (unpaired) electrons. The average molecular weight is 262 g/mol. The summed E-state index contributed by atoms with van der Waals surface area (Å²) < 4.78 is 35.5. The summed E-state index contributed by atoms with van der Waals surface area (Å²) in [4.78, 5) is 1.31. The first kappa shape index (κ1) is 13.2. The third kappa shape index (κ3) is 10.1. The monoisotopic (exact) mass is 261 g/mol. The molecule has 0 saturated carbocycles. The summed E-state index contributed by atoms with van der Waals surface area (Å²) in [5.74, 6) is 0. The summed E-state index contributed by atoms with van der Waals surface area (Å²) in [5.41, 5.74) is 0. The topological polar surface area (TPSA) is 3.24 Å². The molecule has 0 spiro atoms. The second kappa shape index (κ2) is 6.65. The predicted octanol–water partition coefficient (Wildman–Crippen LogP) is 3.05. The number of hydrogen-bond donors (Lipinski definition) is 0. The van der Waals surface area contributed by atoms with E-state index in [1.54, 1.807) is 0 Å². The van der Waals surface area contributed by atoms with Gasteiger partial charge in [-0.1, -0.05) is 22.4 Å². The third-order valence-electron chi connectivity index (χ3n) is 1.62. The van der Waals surface area contributed by atoms with Crippen LogP contribution in [0, 0.1) is 0 Å². The first-order valence-corrected chi connectivity index (χ1v) is 5.39. The number of hydrogen-bond acceptors (Lipinski definition) is 1. The SMILES string of the molecule is CN(CCCCCBr)CC(F)(F)F. The van der Waals surface area contributed by atoms with Crippen LogP contribution < -0.4 is 0 Å². The fourth-order valence-electron chi connectivity index (χ4n) is 1.04. The summed E-state index contributed by atoms with van der Waals surface area (Å²) in [6, 6.07) is 0. The smallest absolute Gasteiger partial charge is 0.298 e. The van der Waals surface area contributed by atoms with Gasteiger partial charge in [0.2, 0.25) is 0 Å². The lowest BCUT2D eigenvalue weighted by molar-refractivity contribution is -0.143. The van der Waals surface area contributed by atoms with Gasteiger partial charge in [-0.15, -0.1) is 0 Å². The molecule has 80 valence electrons. The lowest BCUT2D eigenvalue weighted by Gasteiger charge is -2.17. The molecule has 0 rings (SSSR count). The van der Waals surface area contributed by atoms with Crippen LogP contribution in [0.25, 0.3) is 0 Å². The Morgan fingerprint density at radius 2 is 1.77 bits per heavy atom. The molecule has 0 aliphatic rings. The van der Waals surface area contributed by atoms with Crippen molar-refractivity contribution in [1.82, 2.24) is 4.90 Å². The van der Waals surface area contributed by atoms with E-state index in [9.17, 15) is 13.2 Å². The second-order valence-electron chi connectivity index (χ2n) is 3.10. The van der Waals surface area contributed by atoms with Crippen LogP contribution in [0.1, 0.15) is 19.3 Å². The van der Waals surface area contributed by atoms with E-state index in [0.29, 0.717) is 6.54 Å². The molecule has 5 heteroatoms. The maximum Gasteiger partial charge on any atom is 0.401 e. The molecule has 1 nitrogen and oxygen atoms in total. The Balaban J connectivity index is 3.35. The lowest BCUT2D eigenvalue weighted by Crippen LogP contribution is -2.31. The van der Waals surface area contributed by atoms with Gasteiger partial charge >= 0.3 is 6.18 Å². The predicted molar refractivity (Wildman–Crippen MR) is 51.2 cm³/mol. The molecular formula is C8H15BrF3N. The van der Waals surface area contributed by atoms with Crippen molar-refractivity contribution in [3.05, 3.63) is 0 Å². The number of halogens is 4. The fourth-order valence-corrected chi connectivity index (χ4v) is 1.43. The minimum atomic E-state index is -4.07. The Morgan fingerprint density at radius 3 is 2.23 bits per heavy atom. The van der Waals surface area contributed by atoms with Crippen molar-refractivity contribution >= 4 is 15.9 Å². The van der Waals surface area contributed by atoms with Gasteiger partial charge in [-0.2, -0.15) is 13.2 Å². The third-order valence-corrected chi connectivity index (χ3v) is 2.18. The van der Waals surface area contributed by atoms with Crippen molar-refractivity contribution in [3.63, 3.8) is 0 Å². The van der Waals surface area contributed by atoms with Crippen LogP contribution in [0.5, 0.6) is 0 Å². The quantitative estimate of drug-likeness (QED) is 0.525. The molecule has 0 aromatic heterocycles. The molecule has 0 N–H and O–H groups in total. The number of unbranched alkanes of at least 4 members (excludes halogenated alkanes) is 2. The van der Waals surface area contributed by atoms with Crippen LogP contribution in [-0.2, 0) is 0 Å². The van der Waals surface area contributed by atoms with Crippen LogP contribution in [0.2, 0.25) is 0 Å². The highest BCUT2D eigenvalue weighted by Gasteiger charge is 2.28. The van der Waals surface area contributed by atoms with Crippen molar-refractivity contribution in [1.29, 1.82) is 0 Å². The van der Waals surface area contributed by atoms with Crippen molar-refractivity contribution in [2.45, 2.75) is 25.4 Å². The van der Waals surface area contributed by atoms with E-state index in [1.165, 1.54) is 11.9 Å². The first-order valence-electron chi connectivity index (χ1n) is 4.27. The van der Waals surface area contributed by atoms with Crippen LogP contribution >= 0.6 is 15.9 Å². The molecule has 0 bridgehead atoms. The second-order valence-corrected chi connectivity index (χ2v) is 3.90.